The number of halogens is 6. The lowest BCUT2D eigenvalue weighted by molar-refractivity contribution is -0.275. The average Bonchev–Trinajstić information content (AvgIpc) is 2.25. The van der Waals surface area contributed by atoms with E-state index in [0.29, 0.717) is 6.20 Å². The van der Waals surface area contributed by atoms with Crippen molar-refractivity contribution in [3.05, 3.63) is 23.0 Å². The minimum Gasteiger partial charge on any atom is -0.476 e. The van der Waals surface area contributed by atoms with Gasteiger partial charge in [-0.3, -0.25) is 0 Å². The normalized spacial score (nSPS) is 11.7. The van der Waals surface area contributed by atoms with Crippen LogP contribution in [0, 0.1) is 0 Å². The van der Waals surface area contributed by atoms with E-state index in [-0.39, 0.29) is 0 Å². The van der Waals surface area contributed by atoms with Crippen molar-refractivity contribution in [3.8, 4) is 5.75 Å². The summed E-state index contributed by atoms with van der Waals surface area (Å²) in [6.45, 7) is 0. The van der Waals surface area contributed by atoms with Crippen LogP contribution in [0.25, 0.3) is 0 Å². The Morgan fingerprint density at radius 1 is 1.47 bits per heavy atom. The van der Waals surface area contributed by atoms with Gasteiger partial charge < -0.3 is 9.84 Å². The predicted molar refractivity (Wildman–Crippen MR) is 55.5 cm³/mol. The maximum absolute atomic E-state index is 12.6. The largest absolute Gasteiger partial charge is 0.573 e. The van der Waals surface area contributed by atoms with Gasteiger partial charge in [0, 0.05) is 17.1 Å². The number of alkyl halides is 6. The molecule has 0 unspecified atom stereocenters. The molecule has 10 heteroatoms. The SMILES string of the molecule is O=C(O)c1ncc(C(F)F)c(OC(F)(F)F)c1CBr. The van der Waals surface area contributed by atoms with Gasteiger partial charge in [-0.15, -0.1) is 13.2 Å². The van der Waals surface area contributed by atoms with Gasteiger partial charge in [0.25, 0.3) is 6.43 Å². The highest BCUT2D eigenvalue weighted by Crippen LogP contribution is 2.37. The van der Waals surface area contributed by atoms with Crippen LogP contribution in [0.4, 0.5) is 22.0 Å². The van der Waals surface area contributed by atoms with Crippen molar-refractivity contribution in [2.75, 3.05) is 0 Å². The van der Waals surface area contributed by atoms with Crippen molar-refractivity contribution in [2.45, 2.75) is 18.1 Å². The fraction of sp³-hybridized carbons (Fsp3) is 0.333. The lowest BCUT2D eigenvalue weighted by atomic mass is 10.1. The molecular formula is C9H5BrF5NO3. The van der Waals surface area contributed by atoms with E-state index < -0.39 is 46.7 Å². The third-order valence-electron chi connectivity index (χ3n) is 1.94. The predicted octanol–water partition coefficient (Wildman–Crippen LogP) is 3.51. The number of nitrogens with zero attached hydrogens (tertiary/aromatic N) is 1. The average molecular weight is 350 g/mol. The van der Waals surface area contributed by atoms with Crippen molar-refractivity contribution in [1.29, 1.82) is 0 Å². The molecule has 106 valence electrons. The van der Waals surface area contributed by atoms with Crippen molar-refractivity contribution in [2.24, 2.45) is 0 Å². The number of rotatable bonds is 4. The van der Waals surface area contributed by atoms with Gasteiger partial charge in [-0.05, 0) is 0 Å². The molecule has 1 N–H and O–H groups in total. The van der Waals surface area contributed by atoms with Crippen LogP contribution in [-0.4, -0.2) is 22.4 Å². The summed E-state index contributed by atoms with van der Waals surface area (Å²) in [6, 6.07) is 0. The van der Waals surface area contributed by atoms with Gasteiger partial charge in [-0.1, -0.05) is 15.9 Å². The molecule has 0 fully saturated rings. The number of ether oxygens (including phenoxy) is 1. The molecule has 4 nitrogen and oxygen atoms in total. The van der Waals surface area contributed by atoms with E-state index in [1.54, 1.807) is 0 Å². The Bertz CT molecular complexity index is 491. The highest BCUT2D eigenvalue weighted by Gasteiger charge is 2.36. The second-order valence-corrected chi connectivity index (χ2v) is 3.72. The summed E-state index contributed by atoms with van der Waals surface area (Å²) in [4.78, 5) is 14.0. The summed E-state index contributed by atoms with van der Waals surface area (Å²) in [5.41, 5.74) is -2.53. The fourth-order valence-electron chi connectivity index (χ4n) is 1.25. The van der Waals surface area contributed by atoms with Gasteiger partial charge in [0.15, 0.2) is 5.69 Å². The lowest BCUT2D eigenvalue weighted by Crippen LogP contribution is -2.21. The Morgan fingerprint density at radius 3 is 2.42 bits per heavy atom. The number of aromatic carboxylic acids is 1. The number of aromatic nitrogens is 1. The van der Waals surface area contributed by atoms with E-state index in [4.69, 9.17) is 5.11 Å². The van der Waals surface area contributed by atoms with Gasteiger partial charge in [-0.2, -0.15) is 0 Å². The molecule has 0 bridgehead atoms. The van der Waals surface area contributed by atoms with Crippen molar-refractivity contribution >= 4 is 21.9 Å². The highest BCUT2D eigenvalue weighted by atomic mass is 79.9. The second kappa shape index (κ2) is 5.68. The Morgan fingerprint density at radius 2 is 2.05 bits per heavy atom. The summed E-state index contributed by atoms with van der Waals surface area (Å²) in [5, 5.41) is 8.30. The number of hydrogen-bond acceptors (Lipinski definition) is 3. The van der Waals surface area contributed by atoms with Crippen LogP contribution in [0.2, 0.25) is 0 Å². The molecule has 19 heavy (non-hydrogen) atoms. The molecule has 0 saturated carbocycles. The molecule has 0 saturated heterocycles. The molecule has 0 aromatic carbocycles. The number of carboxylic acids is 1. The first-order valence-corrected chi connectivity index (χ1v) is 5.64. The third kappa shape index (κ3) is 3.75. The van der Waals surface area contributed by atoms with E-state index in [1.807, 2.05) is 0 Å². The zero-order valence-corrected chi connectivity index (χ0v) is 10.4. The van der Waals surface area contributed by atoms with Gasteiger partial charge >= 0.3 is 12.3 Å². The van der Waals surface area contributed by atoms with E-state index in [2.05, 4.69) is 25.7 Å². The first-order valence-electron chi connectivity index (χ1n) is 4.52. The first-order chi connectivity index (χ1) is 8.67. The smallest absolute Gasteiger partial charge is 0.476 e. The summed E-state index contributed by atoms with van der Waals surface area (Å²) in [5.74, 6) is -2.89. The lowest BCUT2D eigenvalue weighted by Gasteiger charge is -2.16. The van der Waals surface area contributed by atoms with Crippen LogP contribution in [0.15, 0.2) is 6.20 Å². The molecule has 1 rings (SSSR count). The maximum Gasteiger partial charge on any atom is 0.573 e. The summed E-state index contributed by atoms with van der Waals surface area (Å²) in [7, 11) is 0. The zero-order valence-electron chi connectivity index (χ0n) is 8.84. The molecular weight excluding hydrogens is 345 g/mol. The van der Waals surface area contributed by atoms with Gasteiger partial charge in [0.05, 0.1) is 5.56 Å². The minimum atomic E-state index is -5.22. The number of hydrogen-bond donors (Lipinski definition) is 1. The molecule has 1 aromatic heterocycles. The molecule has 0 spiro atoms. The molecule has 1 heterocycles. The standard InChI is InChI=1S/C9H5BrF5NO3/c10-1-3-5(8(17)18)16-2-4(7(11)12)6(3)19-9(13,14)15/h2,7H,1H2,(H,17,18). The molecule has 0 aliphatic rings. The molecule has 1 aromatic rings. The van der Waals surface area contributed by atoms with Gasteiger partial charge in [0.1, 0.15) is 5.75 Å². The molecule has 0 amide bonds. The Balaban J connectivity index is 3.50. The molecule has 0 aliphatic heterocycles. The van der Waals surface area contributed by atoms with E-state index in [9.17, 15) is 26.7 Å². The van der Waals surface area contributed by atoms with Crippen LogP contribution in [-0.2, 0) is 5.33 Å². The van der Waals surface area contributed by atoms with Crippen molar-refractivity contribution in [3.63, 3.8) is 0 Å². The Hall–Kier alpha value is -1.45. The summed E-state index contributed by atoms with van der Waals surface area (Å²) in [6.07, 6.45) is -8.16. The minimum absolute atomic E-state index is 0.349. The van der Waals surface area contributed by atoms with Gasteiger partial charge in [-0.25, -0.2) is 18.6 Å². The quantitative estimate of drug-likeness (QED) is 0.667. The highest BCUT2D eigenvalue weighted by molar-refractivity contribution is 9.08. The topological polar surface area (TPSA) is 59.4 Å². The Labute approximate surface area is 111 Å². The first kappa shape index (κ1) is 15.6. The van der Waals surface area contributed by atoms with Crippen LogP contribution < -0.4 is 4.74 Å². The summed E-state index contributed by atoms with van der Waals surface area (Å²) >= 11 is 2.72. The second-order valence-electron chi connectivity index (χ2n) is 3.16. The maximum atomic E-state index is 12.6. The molecule has 0 radical (unpaired) electrons. The summed E-state index contributed by atoms with van der Waals surface area (Å²) < 4.78 is 65.2. The number of carbonyl (C=O) groups is 1. The van der Waals surface area contributed by atoms with Crippen molar-refractivity contribution in [1.82, 2.24) is 4.98 Å². The molecule has 0 atom stereocenters. The molecule has 0 aliphatic carbocycles. The zero-order chi connectivity index (χ0) is 14.8. The van der Waals surface area contributed by atoms with E-state index in [0.717, 1.165) is 0 Å². The van der Waals surface area contributed by atoms with Crippen LogP contribution in [0.1, 0.15) is 28.0 Å². The number of carboxylic acid groups (broad SMARTS) is 1. The fourth-order valence-corrected chi connectivity index (χ4v) is 1.77. The Kier molecular flexibility index (Phi) is 4.66. The van der Waals surface area contributed by atoms with Gasteiger partial charge in [0.2, 0.25) is 0 Å². The number of pyridine rings is 1. The van der Waals surface area contributed by atoms with Crippen LogP contribution >= 0.6 is 15.9 Å². The third-order valence-corrected chi connectivity index (χ3v) is 2.50. The van der Waals surface area contributed by atoms with Crippen LogP contribution in [0.3, 0.4) is 0 Å². The van der Waals surface area contributed by atoms with Crippen LogP contribution in [0.5, 0.6) is 5.75 Å². The van der Waals surface area contributed by atoms with E-state index >= 15 is 0 Å². The van der Waals surface area contributed by atoms with E-state index in [1.165, 1.54) is 0 Å². The van der Waals surface area contributed by atoms with Crippen molar-refractivity contribution < 1.29 is 36.6 Å². The monoisotopic (exact) mass is 349 g/mol.